The highest BCUT2D eigenvalue weighted by atomic mass is 32.2. The van der Waals surface area contributed by atoms with Crippen molar-refractivity contribution in [3.05, 3.63) is 72.8 Å². The fourth-order valence-electron chi connectivity index (χ4n) is 3.92. The van der Waals surface area contributed by atoms with Gasteiger partial charge >= 0.3 is 0 Å². The Labute approximate surface area is 182 Å². The van der Waals surface area contributed by atoms with E-state index in [1.165, 1.54) is 4.31 Å². The summed E-state index contributed by atoms with van der Waals surface area (Å²) in [5, 5.41) is 5.03. The van der Waals surface area contributed by atoms with Crippen LogP contribution < -0.4 is 10.1 Å². The minimum absolute atomic E-state index is 0.130. The van der Waals surface area contributed by atoms with Gasteiger partial charge in [-0.2, -0.15) is 4.31 Å². The molecule has 1 aliphatic heterocycles. The number of nitrogens with one attached hydrogen (secondary N) is 1. The number of hydrogen-bond acceptors (Lipinski definition) is 4. The van der Waals surface area contributed by atoms with Crippen LogP contribution in [0, 0.1) is 5.92 Å². The number of sulfonamides is 1. The minimum atomic E-state index is -3.58. The summed E-state index contributed by atoms with van der Waals surface area (Å²) >= 11 is 0. The van der Waals surface area contributed by atoms with Gasteiger partial charge in [0.2, 0.25) is 15.9 Å². The van der Waals surface area contributed by atoms with Gasteiger partial charge in [-0.15, -0.1) is 0 Å². The predicted molar refractivity (Wildman–Crippen MR) is 120 cm³/mol. The molecule has 1 atom stereocenters. The second kappa shape index (κ2) is 9.49. The molecule has 1 heterocycles. The van der Waals surface area contributed by atoms with Crippen LogP contribution in [0.5, 0.6) is 5.75 Å². The zero-order chi connectivity index (χ0) is 21.7. The summed E-state index contributed by atoms with van der Waals surface area (Å²) in [5.41, 5.74) is 0. The van der Waals surface area contributed by atoms with Crippen LogP contribution in [0.2, 0.25) is 0 Å². The Morgan fingerprint density at radius 2 is 1.74 bits per heavy atom. The third-order valence-corrected chi connectivity index (χ3v) is 7.42. The van der Waals surface area contributed by atoms with Gasteiger partial charge in [0.1, 0.15) is 12.4 Å². The molecule has 0 aromatic heterocycles. The summed E-state index contributed by atoms with van der Waals surface area (Å²) in [7, 11) is -3.58. The molecule has 162 valence electrons. The molecule has 0 aliphatic carbocycles. The van der Waals surface area contributed by atoms with E-state index in [1.807, 2.05) is 42.5 Å². The number of piperidine rings is 1. The quantitative estimate of drug-likeness (QED) is 0.574. The van der Waals surface area contributed by atoms with Gasteiger partial charge in [-0.3, -0.25) is 4.79 Å². The molecule has 1 amide bonds. The number of fused-ring (bicyclic) bond motifs is 1. The third-order valence-electron chi connectivity index (χ3n) is 5.54. The van der Waals surface area contributed by atoms with Crippen molar-refractivity contribution < 1.29 is 17.9 Å². The van der Waals surface area contributed by atoms with Gasteiger partial charge in [0.25, 0.3) is 0 Å². The number of nitrogens with zero attached hydrogens (tertiary/aromatic N) is 1. The van der Waals surface area contributed by atoms with Crippen molar-refractivity contribution in [1.29, 1.82) is 0 Å². The molecule has 1 saturated heterocycles. The topological polar surface area (TPSA) is 75.7 Å². The number of rotatable bonds is 7. The van der Waals surface area contributed by atoms with Crippen molar-refractivity contribution in [2.75, 3.05) is 26.2 Å². The van der Waals surface area contributed by atoms with Crippen molar-refractivity contribution in [1.82, 2.24) is 9.62 Å². The second-order valence-corrected chi connectivity index (χ2v) is 9.57. The standard InChI is InChI=1S/C24H26N2O4S/c27-24(25-15-17-30-23-14-6-9-19-8-4-5-13-22(19)23)20-10-7-16-26(18-20)31(28,29)21-11-2-1-3-12-21/h1-6,8-9,11-14,20H,7,10,15-18H2,(H,25,27)/t20-/m0/s1. The van der Waals surface area contributed by atoms with E-state index in [1.54, 1.807) is 30.3 Å². The first-order valence-corrected chi connectivity index (χ1v) is 11.9. The maximum atomic E-state index is 12.9. The van der Waals surface area contributed by atoms with Crippen LogP contribution in [0.25, 0.3) is 10.8 Å². The largest absolute Gasteiger partial charge is 0.491 e. The minimum Gasteiger partial charge on any atom is -0.491 e. The summed E-state index contributed by atoms with van der Waals surface area (Å²) in [6.45, 7) is 1.35. The lowest BCUT2D eigenvalue weighted by atomic mass is 9.99. The molecule has 4 rings (SSSR count). The Hall–Kier alpha value is -2.90. The normalized spacial score (nSPS) is 17.4. The van der Waals surface area contributed by atoms with E-state index in [4.69, 9.17) is 4.74 Å². The number of carbonyl (C=O) groups is 1. The predicted octanol–water partition coefficient (Wildman–Crippen LogP) is 3.44. The molecule has 0 unspecified atom stereocenters. The number of hydrogen-bond donors (Lipinski definition) is 1. The van der Waals surface area contributed by atoms with E-state index >= 15 is 0 Å². The molecule has 1 N–H and O–H groups in total. The summed E-state index contributed by atoms with van der Waals surface area (Å²) in [6.07, 6.45) is 1.34. The maximum absolute atomic E-state index is 12.9. The Morgan fingerprint density at radius 1 is 1.00 bits per heavy atom. The molecule has 1 fully saturated rings. The van der Waals surface area contributed by atoms with Crippen LogP contribution in [-0.2, 0) is 14.8 Å². The molecule has 7 heteroatoms. The van der Waals surface area contributed by atoms with Gasteiger partial charge in [-0.25, -0.2) is 8.42 Å². The van der Waals surface area contributed by atoms with E-state index < -0.39 is 10.0 Å². The Morgan fingerprint density at radius 3 is 2.58 bits per heavy atom. The molecule has 31 heavy (non-hydrogen) atoms. The fourth-order valence-corrected chi connectivity index (χ4v) is 5.46. The van der Waals surface area contributed by atoms with E-state index in [2.05, 4.69) is 5.32 Å². The zero-order valence-corrected chi connectivity index (χ0v) is 18.1. The summed E-state index contributed by atoms with van der Waals surface area (Å²) in [5.74, 6) is 0.296. The smallest absolute Gasteiger partial charge is 0.243 e. The first kappa shape index (κ1) is 21.3. The Balaban J connectivity index is 1.30. The van der Waals surface area contributed by atoms with Gasteiger partial charge < -0.3 is 10.1 Å². The highest BCUT2D eigenvalue weighted by molar-refractivity contribution is 7.89. The van der Waals surface area contributed by atoms with E-state index in [0.29, 0.717) is 32.5 Å². The molecule has 0 radical (unpaired) electrons. The highest BCUT2D eigenvalue weighted by Crippen LogP contribution is 2.25. The number of ether oxygens (including phenoxy) is 1. The van der Waals surface area contributed by atoms with E-state index in [9.17, 15) is 13.2 Å². The molecule has 6 nitrogen and oxygen atoms in total. The van der Waals surface area contributed by atoms with Crippen LogP contribution >= 0.6 is 0 Å². The molecule has 0 saturated carbocycles. The third kappa shape index (κ3) is 4.89. The van der Waals surface area contributed by atoms with Crippen LogP contribution in [0.3, 0.4) is 0 Å². The summed E-state index contributed by atoms with van der Waals surface area (Å²) in [4.78, 5) is 12.9. The molecular weight excluding hydrogens is 412 g/mol. The Bertz CT molecular complexity index is 1140. The average molecular weight is 439 g/mol. The van der Waals surface area contributed by atoms with Crippen LogP contribution in [-0.4, -0.2) is 44.9 Å². The Kier molecular flexibility index (Phi) is 6.53. The van der Waals surface area contributed by atoms with Crippen molar-refractivity contribution in [2.24, 2.45) is 5.92 Å². The molecule has 1 aliphatic rings. The molecular formula is C24H26N2O4S. The van der Waals surface area contributed by atoms with Crippen molar-refractivity contribution >= 4 is 26.7 Å². The van der Waals surface area contributed by atoms with Crippen molar-refractivity contribution in [3.63, 3.8) is 0 Å². The molecule has 3 aromatic carbocycles. The molecule has 3 aromatic rings. The van der Waals surface area contributed by atoms with Gasteiger partial charge in [0, 0.05) is 18.5 Å². The van der Waals surface area contributed by atoms with Gasteiger partial charge in [-0.1, -0.05) is 54.6 Å². The van der Waals surface area contributed by atoms with Crippen molar-refractivity contribution in [2.45, 2.75) is 17.7 Å². The summed E-state index contributed by atoms with van der Waals surface area (Å²) < 4.78 is 33.0. The summed E-state index contributed by atoms with van der Waals surface area (Å²) in [6, 6.07) is 22.2. The van der Waals surface area contributed by atoms with Crippen molar-refractivity contribution in [3.8, 4) is 5.75 Å². The van der Waals surface area contributed by atoms with E-state index in [-0.39, 0.29) is 23.3 Å². The molecule has 0 bridgehead atoms. The van der Waals surface area contributed by atoms with E-state index in [0.717, 1.165) is 16.5 Å². The SMILES string of the molecule is O=C(NCCOc1cccc2ccccc12)[C@H]1CCCN(S(=O)(=O)c2ccccc2)C1. The van der Waals surface area contributed by atoms with Crippen LogP contribution in [0.15, 0.2) is 77.7 Å². The highest BCUT2D eigenvalue weighted by Gasteiger charge is 2.33. The lowest BCUT2D eigenvalue weighted by Gasteiger charge is -2.31. The first-order valence-electron chi connectivity index (χ1n) is 10.5. The van der Waals surface area contributed by atoms with Gasteiger partial charge in [-0.05, 0) is 36.4 Å². The van der Waals surface area contributed by atoms with Crippen LogP contribution in [0.4, 0.5) is 0 Å². The lowest BCUT2D eigenvalue weighted by molar-refractivity contribution is -0.126. The second-order valence-electron chi connectivity index (χ2n) is 7.63. The number of benzene rings is 3. The lowest BCUT2D eigenvalue weighted by Crippen LogP contribution is -2.45. The van der Waals surface area contributed by atoms with Gasteiger partial charge in [0.05, 0.1) is 17.4 Å². The number of amides is 1. The fraction of sp³-hybridized carbons (Fsp3) is 0.292. The first-order chi connectivity index (χ1) is 15.1. The number of carbonyl (C=O) groups excluding carboxylic acids is 1. The van der Waals surface area contributed by atoms with Gasteiger partial charge in [0.15, 0.2) is 0 Å². The van der Waals surface area contributed by atoms with Crippen LogP contribution in [0.1, 0.15) is 12.8 Å². The zero-order valence-electron chi connectivity index (χ0n) is 17.2. The molecule has 0 spiro atoms. The average Bonchev–Trinajstić information content (AvgIpc) is 2.82. The monoisotopic (exact) mass is 438 g/mol. The maximum Gasteiger partial charge on any atom is 0.243 e.